The molecule has 2 aromatic heterocycles. The smallest absolute Gasteiger partial charge is 0.250 e. The van der Waals surface area contributed by atoms with Gasteiger partial charge in [0.05, 0.1) is 0 Å². The third-order valence-electron chi connectivity index (χ3n) is 2.99. The lowest BCUT2D eigenvalue weighted by atomic mass is 9.97. The number of thiophene rings is 1. The third-order valence-corrected chi connectivity index (χ3v) is 5.79. The molecule has 0 aliphatic heterocycles. The van der Waals surface area contributed by atoms with Crippen molar-refractivity contribution in [3.8, 4) is 0 Å². The SMILES string of the molecule is Cc1cc([C@](C)(O)CNS(=O)(=O)c2cccs2)c(C)o1. The Balaban J connectivity index is 2.16. The van der Waals surface area contributed by atoms with E-state index in [9.17, 15) is 13.5 Å². The zero-order valence-corrected chi connectivity index (χ0v) is 13.1. The molecular formula is C13H17NO4S2. The Bertz CT molecular complexity index is 684. The van der Waals surface area contributed by atoms with Gasteiger partial charge in [-0.3, -0.25) is 0 Å². The van der Waals surface area contributed by atoms with Crippen LogP contribution in [0.4, 0.5) is 0 Å². The maximum Gasteiger partial charge on any atom is 0.250 e. The Kier molecular flexibility index (Phi) is 4.06. The molecule has 20 heavy (non-hydrogen) atoms. The summed E-state index contributed by atoms with van der Waals surface area (Å²) in [5.41, 5.74) is -0.740. The van der Waals surface area contributed by atoms with Crippen molar-refractivity contribution in [2.24, 2.45) is 0 Å². The van der Waals surface area contributed by atoms with Crippen molar-refractivity contribution in [1.82, 2.24) is 4.72 Å². The minimum Gasteiger partial charge on any atom is -0.466 e. The second kappa shape index (κ2) is 5.33. The summed E-state index contributed by atoms with van der Waals surface area (Å²) in [6.45, 7) is 4.96. The molecule has 0 unspecified atom stereocenters. The van der Waals surface area contributed by atoms with Crippen LogP contribution in [0.2, 0.25) is 0 Å². The van der Waals surface area contributed by atoms with Crippen LogP contribution in [0, 0.1) is 13.8 Å². The second-order valence-corrected chi connectivity index (χ2v) is 7.80. The molecule has 2 aromatic rings. The van der Waals surface area contributed by atoms with E-state index in [0.29, 0.717) is 17.1 Å². The molecule has 0 aliphatic rings. The number of hydrogen-bond donors (Lipinski definition) is 2. The van der Waals surface area contributed by atoms with Crippen LogP contribution < -0.4 is 4.72 Å². The zero-order valence-electron chi connectivity index (χ0n) is 11.5. The van der Waals surface area contributed by atoms with E-state index in [2.05, 4.69) is 4.72 Å². The molecule has 0 radical (unpaired) electrons. The fraction of sp³-hybridized carbons (Fsp3) is 0.385. The number of sulfonamides is 1. The lowest BCUT2D eigenvalue weighted by Crippen LogP contribution is -2.38. The van der Waals surface area contributed by atoms with Crippen molar-refractivity contribution in [2.45, 2.75) is 30.6 Å². The first-order valence-electron chi connectivity index (χ1n) is 6.05. The van der Waals surface area contributed by atoms with Crippen LogP contribution in [-0.4, -0.2) is 20.1 Å². The summed E-state index contributed by atoms with van der Waals surface area (Å²) in [4.78, 5) is 0. The average Bonchev–Trinajstić information content (AvgIpc) is 2.97. The van der Waals surface area contributed by atoms with Gasteiger partial charge in [-0.1, -0.05) is 6.07 Å². The van der Waals surface area contributed by atoms with E-state index >= 15 is 0 Å². The molecule has 5 nitrogen and oxygen atoms in total. The normalized spacial score (nSPS) is 15.2. The number of furan rings is 1. The first kappa shape index (κ1) is 15.2. The van der Waals surface area contributed by atoms with E-state index < -0.39 is 15.6 Å². The molecule has 0 amide bonds. The van der Waals surface area contributed by atoms with Crippen molar-refractivity contribution in [3.05, 3.63) is 40.7 Å². The fourth-order valence-corrected chi connectivity index (χ4v) is 4.15. The summed E-state index contributed by atoms with van der Waals surface area (Å²) >= 11 is 1.13. The van der Waals surface area contributed by atoms with E-state index in [1.165, 1.54) is 6.07 Å². The fourth-order valence-electron chi connectivity index (χ4n) is 1.98. The number of nitrogens with one attached hydrogen (secondary N) is 1. The predicted molar refractivity (Wildman–Crippen MR) is 77.3 cm³/mol. The van der Waals surface area contributed by atoms with Gasteiger partial charge in [-0.2, -0.15) is 0 Å². The summed E-state index contributed by atoms with van der Waals surface area (Å²) < 4.78 is 32.1. The van der Waals surface area contributed by atoms with Gasteiger partial charge < -0.3 is 9.52 Å². The molecule has 1 atom stereocenters. The Morgan fingerprint density at radius 1 is 1.45 bits per heavy atom. The van der Waals surface area contributed by atoms with Crippen molar-refractivity contribution in [1.29, 1.82) is 0 Å². The molecular weight excluding hydrogens is 298 g/mol. The largest absolute Gasteiger partial charge is 0.466 e. The number of aliphatic hydroxyl groups is 1. The minimum atomic E-state index is -3.59. The highest BCUT2D eigenvalue weighted by Crippen LogP contribution is 2.27. The van der Waals surface area contributed by atoms with Gasteiger partial charge in [-0.15, -0.1) is 11.3 Å². The second-order valence-electron chi connectivity index (χ2n) is 4.86. The van der Waals surface area contributed by atoms with E-state index in [4.69, 9.17) is 4.42 Å². The lowest BCUT2D eigenvalue weighted by Gasteiger charge is -2.23. The first-order valence-corrected chi connectivity index (χ1v) is 8.42. The van der Waals surface area contributed by atoms with Gasteiger partial charge in [0.25, 0.3) is 0 Å². The topological polar surface area (TPSA) is 79.5 Å². The summed E-state index contributed by atoms with van der Waals surface area (Å²) in [5, 5.41) is 12.1. The highest BCUT2D eigenvalue weighted by Gasteiger charge is 2.30. The maximum absolute atomic E-state index is 12.0. The van der Waals surface area contributed by atoms with E-state index in [1.807, 2.05) is 0 Å². The van der Waals surface area contributed by atoms with Crippen LogP contribution in [0.15, 0.2) is 32.2 Å². The molecule has 0 saturated heterocycles. The van der Waals surface area contributed by atoms with Crippen molar-refractivity contribution < 1.29 is 17.9 Å². The molecule has 2 heterocycles. The monoisotopic (exact) mass is 315 g/mol. The molecule has 2 N–H and O–H groups in total. The summed E-state index contributed by atoms with van der Waals surface area (Å²) in [5.74, 6) is 1.27. The Hall–Kier alpha value is -1.15. The minimum absolute atomic E-state index is 0.118. The van der Waals surface area contributed by atoms with Crippen molar-refractivity contribution in [2.75, 3.05) is 6.54 Å². The molecule has 0 saturated carbocycles. The predicted octanol–water partition coefficient (Wildman–Crippen LogP) is 2.14. The van der Waals surface area contributed by atoms with Crippen LogP contribution in [0.1, 0.15) is 24.0 Å². The zero-order chi connectivity index (χ0) is 15.0. The average molecular weight is 315 g/mol. The third kappa shape index (κ3) is 3.12. The lowest BCUT2D eigenvalue weighted by molar-refractivity contribution is 0.0612. The first-order chi connectivity index (χ1) is 9.22. The quantitative estimate of drug-likeness (QED) is 0.886. The van der Waals surface area contributed by atoms with Gasteiger partial charge in [0.2, 0.25) is 10.0 Å². The van der Waals surface area contributed by atoms with Gasteiger partial charge >= 0.3 is 0 Å². The van der Waals surface area contributed by atoms with Crippen molar-refractivity contribution in [3.63, 3.8) is 0 Å². The van der Waals surface area contributed by atoms with Crippen LogP contribution in [-0.2, 0) is 15.6 Å². The van der Waals surface area contributed by atoms with Crippen LogP contribution in [0.3, 0.4) is 0 Å². The molecule has 0 aliphatic carbocycles. The molecule has 0 bridgehead atoms. The van der Waals surface area contributed by atoms with E-state index in [0.717, 1.165) is 11.3 Å². The number of hydrogen-bond acceptors (Lipinski definition) is 5. The Morgan fingerprint density at radius 2 is 2.15 bits per heavy atom. The maximum atomic E-state index is 12.0. The number of aryl methyl sites for hydroxylation is 2. The van der Waals surface area contributed by atoms with Gasteiger partial charge in [0.15, 0.2) is 0 Å². The molecule has 0 fully saturated rings. The van der Waals surface area contributed by atoms with Gasteiger partial charge in [-0.25, -0.2) is 13.1 Å². The highest BCUT2D eigenvalue weighted by molar-refractivity contribution is 7.91. The van der Waals surface area contributed by atoms with Gasteiger partial charge in [0.1, 0.15) is 21.3 Å². The standard InChI is InChI=1S/C13H17NO4S2/c1-9-7-11(10(2)18-9)13(3,15)8-14-20(16,17)12-5-4-6-19-12/h4-7,14-15H,8H2,1-3H3/t13-/m1/s1. The number of rotatable bonds is 5. The summed E-state index contributed by atoms with van der Waals surface area (Å²) in [6, 6.07) is 4.91. The highest BCUT2D eigenvalue weighted by atomic mass is 32.2. The van der Waals surface area contributed by atoms with Crippen LogP contribution in [0.5, 0.6) is 0 Å². The molecule has 0 spiro atoms. The Morgan fingerprint density at radius 3 is 2.65 bits per heavy atom. The molecule has 7 heteroatoms. The summed E-state index contributed by atoms with van der Waals surface area (Å²) in [7, 11) is -3.59. The van der Waals surface area contributed by atoms with Gasteiger partial charge in [0, 0.05) is 12.1 Å². The molecule has 0 aromatic carbocycles. The Labute approximate surface area is 122 Å². The summed E-state index contributed by atoms with van der Waals surface area (Å²) in [6.07, 6.45) is 0. The van der Waals surface area contributed by atoms with Crippen LogP contribution in [0.25, 0.3) is 0 Å². The van der Waals surface area contributed by atoms with E-state index in [1.54, 1.807) is 38.3 Å². The van der Waals surface area contributed by atoms with E-state index in [-0.39, 0.29) is 10.8 Å². The molecule has 110 valence electrons. The van der Waals surface area contributed by atoms with Gasteiger partial charge in [-0.05, 0) is 38.3 Å². The van der Waals surface area contributed by atoms with Crippen LogP contribution >= 0.6 is 11.3 Å². The van der Waals surface area contributed by atoms with Crippen molar-refractivity contribution >= 4 is 21.4 Å². The molecule has 2 rings (SSSR count).